The van der Waals surface area contributed by atoms with Crippen LogP contribution in [-0.2, 0) is 10.0 Å². The van der Waals surface area contributed by atoms with E-state index in [0.29, 0.717) is 0 Å². The highest BCUT2D eigenvalue weighted by Crippen LogP contribution is 2.24. The van der Waals surface area contributed by atoms with Gasteiger partial charge in [-0.15, -0.1) is 0 Å². The first-order valence-corrected chi connectivity index (χ1v) is 7.52. The summed E-state index contributed by atoms with van der Waals surface area (Å²) in [6, 6.07) is 5.05. The highest BCUT2D eigenvalue weighted by atomic mass is 32.2. The van der Waals surface area contributed by atoms with Gasteiger partial charge in [-0.05, 0) is 38.6 Å². The summed E-state index contributed by atoms with van der Waals surface area (Å²) >= 11 is 0. The van der Waals surface area contributed by atoms with Gasteiger partial charge in [-0.3, -0.25) is 0 Å². The van der Waals surface area contributed by atoms with Gasteiger partial charge < -0.3 is 10.6 Å². The van der Waals surface area contributed by atoms with Gasteiger partial charge in [0.25, 0.3) is 0 Å². The maximum Gasteiger partial charge on any atom is 0.242 e. The van der Waals surface area contributed by atoms with Gasteiger partial charge in [0.2, 0.25) is 10.0 Å². The van der Waals surface area contributed by atoms with Crippen molar-refractivity contribution in [2.24, 2.45) is 0 Å². The molecule has 0 atom stereocenters. The lowest BCUT2D eigenvalue weighted by atomic mass is 10.2. The summed E-state index contributed by atoms with van der Waals surface area (Å²) < 4.78 is 25.7. The van der Waals surface area contributed by atoms with E-state index in [1.807, 2.05) is 0 Å². The Balaban J connectivity index is 3.13. The zero-order valence-corrected chi connectivity index (χ0v) is 11.9. The minimum absolute atomic E-state index is 0.126. The second kappa shape index (κ2) is 6.06. The molecular formula is C12H21N3O2S. The van der Waals surface area contributed by atoms with Crippen molar-refractivity contribution < 1.29 is 8.42 Å². The van der Waals surface area contributed by atoms with E-state index in [1.54, 1.807) is 18.2 Å². The number of nitrogens with zero attached hydrogens (tertiary/aromatic N) is 1. The van der Waals surface area contributed by atoms with Crippen molar-refractivity contribution in [2.75, 3.05) is 30.8 Å². The first-order valence-electron chi connectivity index (χ1n) is 6.04. The van der Waals surface area contributed by atoms with Crippen LogP contribution < -0.4 is 15.4 Å². The van der Waals surface area contributed by atoms with E-state index in [2.05, 4.69) is 23.5 Å². The van der Waals surface area contributed by atoms with Gasteiger partial charge in [0, 0.05) is 18.8 Å². The number of rotatable bonds is 6. The van der Waals surface area contributed by atoms with Crippen LogP contribution in [0.25, 0.3) is 0 Å². The molecule has 1 rings (SSSR count). The van der Waals surface area contributed by atoms with Crippen LogP contribution in [0.1, 0.15) is 20.3 Å². The monoisotopic (exact) mass is 271 g/mol. The third-order valence-electron chi connectivity index (χ3n) is 2.79. The molecule has 0 aliphatic rings. The van der Waals surface area contributed by atoms with Gasteiger partial charge in [0.05, 0.1) is 5.69 Å². The van der Waals surface area contributed by atoms with Crippen LogP contribution in [0.4, 0.5) is 11.4 Å². The summed E-state index contributed by atoms with van der Waals surface area (Å²) in [4.78, 5) is 2.29. The Bertz CT molecular complexity index is 500. The first-order chi connectivity index (χ1) is 8.46. The molecule has 0 aliphatic heterocycles. The van der Waals surface area contributed by atoms with E-state index >= 15 is 0 Å². The molecule has 0 fully saturated rings. The van der Waals surface area contributed by atoms with E-state index in [1.165, 1.54) is 7.05 Å². The third-order valence-corrected chi connectivity index (χ3v) is 4.28. The zero-order chi connectivity index (χ0) is 13.8. The standard InChI is InChI=1S/C12H21N3O2S/c1-4-8-15(5-2)10-6-7-12(11(13)9-10)18(16,17)14-3/h6-7,9,14H,4-5,8,13H2,1-3H3. The second-order valence-electron chi connectivity index (χ2n) is 4.01. The predicted molar refractivity (Wildman–Crippen MR) is 75.3 cm³/mol. The average molecular weight is 271 g/mol. The molecule has 0 amide bonds. The van der Waals surface area contributed by atoms with Gasteiger partial charge in [-0.25, -0.2) is 13.1 Å². The van der Waals surface area contributed by atoms with Crippen LogP contribution in [0, 0.1) is 0 Å². The molecule has 6 heteroatoms. The van der Waals surface area contributed by atoms with Crippen molar-refractivity contribution in [2.45, 2.75) is 25.2 Å². The third kappa shape index (κ3) is 3.14. The molecule has 0 spiro atoms. The molecule has 0 aromatic heterocycles. The minimum atomic E-state index is -3.48. The maximum absolute atomic E-state index is 11.7. The van der Waals surface area contributed by atoms with Crippen molar-refractivity contribution in [3.05, 3.63) is 18.2 Å². The Morgan fingerprint density at radius 3 is 2.44 bits per heavy atom. The van der Waals surface area contributed by atoms with Crippen LogP contribution in [0.2, 0.25) is 0 Å². The van der Waals surface area contributed by atoms with Crippen LogP contribution >= 0.6 is 0 Å². The summed E-state index contributed by atoms with van der Waals surface area (Å²) in [5, 5.41) is 0. The van der Waals surface area contributed by atoms with Crippen molar-refractivity contribution >= 4 is 21.4 Å². The molecule has 0 saturated heterocycles. The normalized spacial score (nSPS) is 11.5. The summed E-state index contributed by atoms with van der Waals surface area (Å²) in [7, 11) is -2.11. The quantitative estimate of drug-likeness (QED) is 0.767. The molecule has 1 aromatic carbocycles. The van der Waals surface area contributed by atoms with E-state index < -0.39 is 10.0 Å². The predicted octanol–water partition coefficient (Wildman–Crippen LogP) is 1.41. The first kappa shape index (κ1) is 14.8. The number of hydrogen-bond donors (Lipinski definition) is 2. The lowest BCUT2D eigenvalue weighted by molar-refractivity contribution is 0.588. The average Bonchev–Trinajstić information content (AvgIpc) is 2.35. The molecule has 0 unspecified atom stereocenters. The Morgan fingerprint density at radius 2 is 2.00 bits per heavy atom. The molecule has 18 heavy (non-hydrogen) atoms. The second-order valence-corrected chi connectivity index (χ2v) is 5.86. The van der Waals surface area contributed by atoms with Crippen molar-refractivity contribution in [1.82, 2.24) is 4.72 Å². The number of nitrogens with one attached hydrogen (secondary N) is 1. The highest BCUT2D eigenvalue weighted by molar-refractivity contribution is 7.89. The highest BCUT2D eigenvalue weighted by Gasteiger charge is 2.16. The van der Waals surface area contributed by atoms with Crippen molar-refractivity contribution in [1.29, 1.82) is 0 Å². The Labute approximate surface area is 109 Å². The summed E-state index contributed by atoms with van der Waals surface area (Å²) in [6.45, 7) is 5.95. The fraction of sp³-hybridized carbons (Fsp3) is 0.500. The SMILES string of the molecule is CCCN(CC)c1ccc(S(=O)(=O)NC)c(N)c1. The number of sulfonamides is 1. The fourth-order valence-corrected chi connectivity index (χ4v) is 2.66. The molecule has 1 aromatic rings. The topological polar surface area (TPSA) is 75.4 Å². The molecule has 3 N–H and O–H groups in total. The Hall–Kier alpha value is -1.27. The van der Waals surface area contributed by atoms with Gasteiger partial charge in [-0.2, -0.15) is 0 Å². The molecule has 102 valence electrons. The van der Waals surface area contributed by atoms with Crippen LogP contribution in [0.15, 0.2) is 23.1 Å². The van der Waals surface area contributed by atoms with Crippen LogP contribution in [0.3, 0.4) is 0 Å². The van der Waals surface area contributed by atoms with Gasteiger partial charge in [-0.1, -0.05) is 6.92 Å². The number of benzene rings is 1. The van der Waals surface area contributed by atoms with Crippen LogP contribution in [0.5, 0.6) is 0 Å². The minimum Gasteiger partial charge on any atom is -0.398 e. The van der Waals surface area contributed by atoms with Gasteiger partial charge in [0.15, 0.2) is 0 Å². The van der Waals surface area contributed by atoms with Crippen molar-refractivity contribution in [3.8, 4) is 0 Å². The molecule has 0 saturated carbocycles. The summed E-state index contributed by atoms with van der Waals surface area (Å²) in [6.07, 6.45) is 1.03. The lowest BCUT2D eigenvalue weighted by Gasteiger charge is -2.23. The van der Waals surface area contributed by atoms with E-state index in [0.717, 1.165) is 25.2 Å². The number of nitrogen functional groups attached to an aromatic ring is 1. The van der Waals surface area contributed by atoms with Crippen LogP contribution in [-0.4, -0.2) is 28.6 Å². The molecule has 0 radical (unpaired) electrons. The maximum atomic E-state index is 11.7. The van der Waals surface area contributed by atoms with Gasteiger partial charge >= 0.3 is 0 Å². The number of anilines is 2. The summed E-state index contributed by atoms with van der Waals surface area (Å²) in [5.74, 6) is 0. The Kier molecular flexibility index (Phi) is 4.98. The van der Waals surface area contributed by atoms with Gasteiger partial charge in [0.1, 0.15) is 4.90 Å². The van der Waals surface area contributed by atoms with E-state index in [-0.39, 0.29) is 10.6 Å². The smallest absolute Gasteiger partial charge is 0.242 e. The van der Waals surface area contributed by atoms with E-state index in [4.69, 9.17) is 5.73 Å². The lowest BCUT2D eigenvalue weighted by Crippen LogP contribution is -2.24. The largest absolute Gasteiger partial charge is 0.398 e. The number of hydrogen-bond acceptors (Lipinski definition) is 4. The summed E-state index contributed by atoms with van der Waals surface area (Å²) in [5.41, 5.74) is 7.05. The molecule has 5 nitrogen and oxygen atoms in total. The zero-order valence-electron chi connectivity index (χ0n) is 11.1. The van der Waals surface area contributed by atoms with E-state index in [9.17, 15) is 8.42 Å². The Morgan fingerprint density at radius 1 is 1.33 bits per heavy atom. The van der Waals surface area contributed by atoms with Crippen molar-refractivity contribution in [3.63, 3.8) is 0 Å². The molecule has 0 aliphatic carbocycles. The molecular weight excluding hydrogens is 250 g/mol. The molecule has 0 heterocycles. The molecule has 0 bridgehead atoms. The fourth-order valence-electron chi connectivity index (χ4n) is 1.83. The number of nitrogens with two attached hydrogens (primary N) is 1.